The zero-order chi connectivity index (χ0) is 68.9. The first-order valence-electron chi connectivity index (χ1n) is 37.7. The van der Waals surface area contributed by atoms with E-state index in [2.05, 4.69) is 81.0 Å². The topological polar surface area (TPSA) is 256 Å². The van der Waals surface area contributed by atoms with Crippen molar-refractivity contribution in [2.24, 2.45) is 0 Å². The third-order valence-electron chi connectivity index (χ3n) is 16.1. The number of unbranched alkanes of at least 4 members (excludes halogenated alkanes) is 44. The van der Waals surface area contributed by atoms with Gasteiger partial charge in [-0.25, -0.2) is 4.79 Å². The Labute approximate surface area is 563 Å². The summed E-state index contributed by atoms with van der Waals surface area (Å²) in [4.78, 5) is 51.8. The number of aliphatic hydroxyl groups is 4. The summed E-state index contributed by atoms with van der Waals surface area (Å²) < 4.78 is 4.32. The van der Waals surface area contributed by atoms with Crippen molar-refractivity contribution < 1.29 is 69.6 Å². The quantitative estimate of drug-likeness (QED) is 0.0160. The molecule has 540 valence electrons. The van der Waals surface area contributed by atoms with Gasteiger partial charge < -0.3 is 45.6 Å². The van der Waals surface area contributed by atoms with Crippen LogP contribution in [0.1, 0.15) is 387 Å². The highest BCUT2D eigenvalue weighted by Gasteiger charge is 2.38. The molecule has 0 amide bonds. The minimum Gasteiger partial charge on any atom is -0.505 e. The average molecular weight is 1310 g/mol. The van der Waals surface area contributed by atoms with Gasteiger partial charge in [-0.15, -0.1) is 0 Å². The maximum atomic E-state index is 10.5. The van der Waals surface area contributed by atoms with Gasteiger partial charge in [0.25, 0.3) is 0 Å². The second kappa shape index (κ2) is 80.8. The molecule has 0 aromatic heterocycles. The Balaban J connectivity index is -0.000000530. The summed E-state index contributed by atoms with van der Waals surface area (Å²) in [7, 11) is 0. The SMILES string of the molecule is CCCCCCCC/C=C\CCCCCCCC(=O)O.CCCCCCCC/C=C\CCCCCCCC(=O)O.CCCCCCCC/C=C\CCCCCCCC(=O)O.CCCCCCCC/C=C\CCCCCCCC(=O)O.O=C1O[C@H]([C@@H](O)CO)C(O)=C1O. The molecule has 14 nitrogen and oxygen atoms in total. The molecule has 92 heavy (non-hydrogen) atoms. The van der Waals surface area contributed by atoms with Crippen LogP contribution < -0.4 is 0 Å². The minimum absolute atomic E-state index is 0.332. The highest BCUT2D eigenvalue weighted by atomic mass is 16.6. The molecule has 0 aromatic carbocycles. The molecule has 0 bridgehead atoms. The van der Waals surface area contributed by atoms with Gasteiger partial charge in [-0.2, -0.15) is 0 Å². The number of carbonyl (C=O) groups is 5. The number of allylic oxidation sites excluding steroid dienone is 8. The van der Waals surface area contributed by atoms with Crippen LogP contribution in [0.3, 0.4) is 0 Å². The molecular formula is C78H144O14. The maximum Gasteiger partial charge on any atom is 0.377 e. The van der Waals surface area contributed by atoms with Crippen LogP contribution in [0.2, 0.25) is 0 Å². The van der Waals surface area contributed by atoms with E-state index < -0.39 is 60.2 Å². The van der Waals surface area contributed by atoms with E-state index in [1.807, 2.05) is 0 Å². The number of rotatable bonds is 62. The lowest BCUT2D eigenvalue weighted by Gasteiger charge is -2.13. The Morgan fingerprint density at radius 1 is 0.326 bits per heavy atom. The lowest BCUT2D eigenvalue weighted by Crippen LogP contribution is -2.31. The van der Waals surface area contributed by atoms with Gasteiger partial charge in [0.05, 0.1) is 6.61 Å². The van der Waals surface area contributed by atoms with Crippen molar-refractivity contribution in [1.29, 1.82) is 0 Å². The number of hydrogen-bond acceptors (Lipinski definition) is 10. The van der Waals surface area contributed by atoms with Gasteiger partial charge in [-0.1, -0.05) is 282 Å². The van der Waals surface area contributed by atoms with Gasteiger partial charge in [0, 0.05) is 25.7 Å². The number of carboxylic acid groups (broad SMARTS) is 4. The van der Waals surface area contributed by atoms with E-state index >= 15 is 0 Å². The van der Waals surface area contributed by atoms with Crippen LogP contribution in [-0.2, 0) is 28.7 Å². The fourth-order valence-electron chi connectivity index (χ4n) is 10.2. The minimum atomic E-state index is -1.42. The lowest BCUT2D eigenvalue weighted by atomic mass is 10.1. The molecule has 0 aromatic rings. The van der Waals surface area contributed by atoms with E-state index in [0.29, 0.717) is 25.7 Å². The number of cyclic esters (lactones) is 1. The smallest absolute Gasteiger partial charge is 0.377 e. The van der Waals surface area contributed by atoms with Crippen LogP contribution in [0.4, 0.5) is 0 Å². The van der Waals surface area contributed by atoms with E-state index in [9.17, 15) is 24.0 Å². The number of aliphatic carboxylic acids is 4. The zero-order valence-electron chi connectivity index (χ0n) is 59.6. The predicted molar refractivity (Wildman–Crippen MR) is 384 cm³/mol. The van der Waals surface area contributed by atoms with Crippen LogP contribution in [0.5, 0.6) is 0 Å². The van der Waals surface area contributed by atoms with Crippen molar-refractivity contribution in [1.82, 2.24) is 0 Å². The van der Waals surface area contributed by atoms with E-state index in [1.165, 1.54) is 283 Å². The fraction of sp³-hybridized carbons (Fsp3) is 0.808. The number of carbonyl (C=O) groups excluding carboxylic acids is 1. The van der Waals surface area contributed by atoms with E-state index in [4.69, 9.17) is 40.9 Å². The third kappa shape index (κ3) is 83.6. The summed E-state index contributed by atoms with van der Waals surface area (Å²) in [5.41, 5.74) is 0. The van der Waals surface area contributed by atoms with Crippen molar-refractivity contribution in [2.75, 3.05) is 6.61 Å². The van der Waals surface area contributed by atoms with Crippen molar-refractivity contribution in [3.8, 4) is 0 Å². The summed E-state index contributed by atoms with van der Waals surface area (Å²) in [5.74, 6) is -5.44. The Kier molecular flexibility index (Phi) is 82.5. The van der Waals surface area contributed by atoms with Crippen LogP contribution >= 0.6 is 0 Å². The molecule has 1 aliphatic rings. The molecule has 0 radical (unpaired) electrons. The van der Waals surface area contributed by atoms with Crippen LogP contribution in [0.25, 0.3) is 0 Å². The first-order chi connectivity index (χ1) is 44.7. The van der Waals surface area contributed by atoms with Gasteiger partial charge in [-0.05, 0) is 128 Å². The van der Waals surface area contributed by atoms with Gasteiger partial charge in [0.2, 0.25) is 5.76 Å². The summed E-state index contributed by atoms with van der Waals surface area (Å²) in [6.07, 6.45) is 82.2. The predicted octanol–water partition coefficient (Wildman–Crippen LogP) is 23.0. The van der Waals surface area contributed by atoms with E-state index in [1.54, 1.807) is 0 Å². The van der Waals surface area contributed by atoms with Crippen LogP contribution in [0.15, 0.2) is 60.1 Å². The first-order valence-corrected chi connectivity index (χ1v) is 37.7. The summed E-state index contributed by atoms with van der Waals surface area (Å²) in [6.45, 7) is 8.36. The summed E-state index contributed by atoms with van der Waals surface area (Å²) in [6, 6.07) is 0. The summed E-state index contributed by atoms with van der Waals surface area (Å²) in [5, 5.41) is 69.1. The lowest BCUT2D eigenvalue weighted by molar-refractivity contribution is -0.148. The van der Waals surface area contributed by atoms with Crippen molar-refractivity contribution in [3.05, 3.63) is 60.1 Å². The Hall–Kier alpha value is -4.43. The molecular weight excluding hydrogens is 1160 g/mol. The second-order valence-corrected chi connectivity index (χ2v) is 25.2. The largest absolute Gasteiger partial charge is 0.505 e. The zero-order valence-corrected chi connectivity index (χ0v) is 59.6. The fourth-order valence-corrected chi connectivity index (χ4v) is 10.2. The van der Waals surface area contributed by atoms with Crippen molar-refractivity contribution in [2.45, 2.75) is 399 Å². The van der Waals surface area contributed by atoms with Crippen molar-refractivity contribution >= 4 is 29.8 Å². The standard InChI is InChI=1S/4C18H34O2.C6H8O6/c4*1-2-3-4-5-6-7-8-9-10-11-12-13-14-15-16-17-18(19)20;7-1-2(8)5-3(9)4(10)6(11)12-5/h4*9-10H,2-8,11-17H2,1H3,(H,19,20);2,5,7-10H,1H2/b4*10-9-;/t;;;;2-,5+/m....0/s1. The molecule has 2 atom stereocenters. The molecule has 1 rings (SSSR count). The molecule has 0 fully saturated rings. The number of aliphatic hydroxyl groups excluding tert-OH is 4. The number of hydrogen-bond donors (Lipinski definition) is 8. The molecule has 0 unspecified atom stereocenters. The van der Waals surface area contributed by atoms with Crippen molar-refractivity contribution in [3.63, 3.8) is 0 Å². The summed E-state index contributed by atoms with van der Waals surface area (Å²) >= 11 is 0. The van der Waals surface area contributed by atoms with Crippen LogP contribution in [-0.4, -0.2) is 89.5 Å². The van der Waals surface area contributed by atoms with Gasteiger partial charge in [0.15, 0.2) is 11.9 Å². The Morgan fingerprint density at radius 2 is 0.500 bits per heavy atom. The monoisotopic (exact) mass is 1310 g/mol. The molecule has 0 saturated heterocycles. The average Bonchev–Trinajstić information content (AvgIpc) is 1.87. The van der Waals surface area contributed by atoms with Gasteiger partial charge in [-0.3, -0.25) is 19.2 Å². The normalized spacial score (nSPS) is 13.2. The molecule has 14 heteroatoms. The molecule has 8 N–H and O–H groups in total. The first kappa shape index (κ1) is 94.0. The molecule has 0 spiro atoms. The number of ether oxygens (including phenoxy) is 1. The van der Waals surface area contributed by atoms with Crippen LogP contribution in [0, 0.1) is 0 Å². The Bertz CT molecular complexity index is 1550. The molecule has 0 aliphatic carbocycles. The van der Waals surface area contributed by atoms with Gasteiger partial charge >= 0.3 is 29.8 Å². The maximum absolute atomic E-state index is 10.5. The number of esters is 1. The van der Waals surface area contributed by atoms with Gasteiger partial charge in [0.1, 0.15) is 6.10 Å². The highest BCUT2D eigenvalue weighted by Crippen LogP contribution is 2.21. The third-order valence-corrected chi connectivity index (χ3v) is 16.1. The highest BCUT2D eigenvalue weighted by molar-refractivity contribution is 5.89. The van der Waals surface area contributed by atoms with E-state index in [-0.39, 0.29) is 0 Å². The van der Waals surface area contributed by atoms with E-state index in [0.717, 1.165) is 51.4 Å². The molecule has 0 saturated carbocycles. The Morgan fingerprint density at radius 3 is 0.652 bits per heavy atom. The number of carboxylic acids is 4. The molecule has 1 heterocycles. The molecule has 1 aliphatic heterocycles. The second-order valence-electron chi connectivity index (χ2n) is 25.2.